The molecule has 23 heavy (non-hydrogen) atoms. The van der Waals surface area contributed by atoms with Gasteiger partial charge in [-0.15, -0.1) is 0 Å². The van der Waals surface area contributed by atoms with Crippen molar-refractivity contribution < 1.29 is 0 Å². The van der Waals surface area contributed by atoms with Crippen LogP contribution in [0.3, 0.4) is 0 Å². The maximum Gasteiger partial charge on any atom is 0.164 e. The molecule has 2 aromatic heterocycles. The van der Waals surface area contributed by atoms with Crippen molar-refractivity contribution in [2.45, 2.75) is 33.9 Å². The van der Waals surface area contributed by atoms with Crippen LogP contribution in [0.1, 0.15) is 28.6 Å². The van der Waals surface area contributed by atoms with Gasteiger partial charge >= 0.3 is 0 Å². The van der Waals surface area contributed by atoms with Gasteiger partial charge in [-0.05, 0) is 49.0 Å². The third-order valence-electron chi connectivity index (χ3n) is 3.62. The van der Waals surface area contributed by atoms with Crippen molar-refractivity contribution in [1.82, 2.24) is 34.3 Å². The molecular weight excluding hydrogens is 290 g/mol. The highest BCUT2D eigenvalue weighted by Gasteiger charge is 2.09. The van der Waals surface area contributed by atoms with E-state index in [1.807, 2.05) is 39.8 Å². The topological polar surface area (TPSA) is 55.0 Å². The summed E-state index contributed by atoms with van der Waals surface area (Å²) in [6.07, 6.45) is 0. The predicted molar refractivity (Wildman–Crippen MR) is 93.2 cm³/mol. The van der Waals surface area contributed by atoms with Crippen LogP contribution in [-0.2, 0) is 27.2 Å². The Hall–Kier alpha value is -1.73. The van der Waals surface area contributed by atoms with Crippen LogP contribution in [0.2, 0.25) is 0 Å². The SMILES string of the molecule is Cc1nc(CN(C)C)nn1C.Cc1nn(C)c(C)c1CN(C)C. The zero-order valence-electron chi connectivity index (χ0n) is 16.0. The van der Waals surface area contributed by atoms with Gasteiger partial charge in [-0.2, -0.15) is 10.2 Å². The Labute approximate surface area is 139 Å². The molecule has 0 aromatic carbocycles. The molecule has 0 atom stereocenters. The average Bonchev–Trinajstić information content (AvgIpc) is 2.83. The van der Waals surface area contributed by atoms with E-state index in [0.717, 1.165) is 30.4 Å². The van der Waals surface area contributed by atoms with Crippen LogP contribution in [0.15, 0.2) is 0 Å². The van der Waals surface area contributed by atoms with E-state index in [9.17, 15) is 0 Å². The Kier molecular flexibility index (Phi) is 6.90. The molecule has 130 valence electrons. The summed E-state index contributed by atoms with van der Waals surface area (Å²) in [4.78, 5) is 8.47. The Morgan fingerprint density at radius 2 is 1.39 bits per heavy atom. The summed E-state index contributed by atoms with van der Waals surface area (Å²) in [6, 6.07) is 0. The average molecular weight is 321 g/mol. The maximum absolute atomic E-state index is 4.35. The van der Waals surface area contributed by atoms with Crippen LogP contribution in [0.25, 0.3) is 0 Å². The van der Waals surface area contributed by atoms with Crippen LogP contribution in [0.4, 0.5) is 0 Å². The lowest BCUT2D eigenvalue weighted by Crippen LogP contribution is -2.12. The molecule has 0 aliphatic heterocycles. The molecule has 0 aliphatic rings. The van der Waals surface area contributed by atoms with E-state index in [1.165, 1.54) is 11.3 Å². The summed E-state index contributed by atoms with van der Waals surface area (Å²) in [6.45, 7) is 7.91. The smallest absolute Gasteiger partial charge is 0.164 e. The van der Waals surface area contributed by atoms with E-state index in [4.69, 9.17) is 0 Å². The molecule has 0 unspecified atom stereocenters. The highest BCUT2D eigenvalue weighted by molar-refractivity contribution is 5.23. The molecule has 7 heteroatoms. The summed E-state index contributed by atoms with van der Waals surface area (Å²) in [5.41, 5.74) is 3.76. The molecule has 0 amide bonds. The van der Waals surface area contributed by atoms with Gasteiger partial charge in [0.05, 0.1) is 12.2 Å². The highest BCUT2D eigenvalue weighted by Crippen LogP contribution is 2.12. The molecule has 0 bridgehead atoms. The highest BCUT2D eigenvalue weighted by atomic mass is 15.3. The second-order valence-corrected chi connectivity index (χ2v) is 6.45. The van der Waals surface area contributed by atoms with Gasteiger partial charge in [0.2, 0.25) is 0 Å². The molecule has 2 heterocycles. The fourth-order valence-corrected chi connectivity index (χ4v) is 2.24. The van der Waals surface area contributed by atoms with Crippen molar-refractivity contribution in [2.75, 3.05) is 28.2 Å². The van der Waals surface area contributed by atoms with E-state index in [1.54, 1.807) is 4.68 Å². The van der Waals surface area contributed by atoms with Gasteiger partial charge < -0.3 is 9.80 Å². The molecule has 2 rings (SSSR count). The van der Waals surface area contributed by atoms with Crippen LogP contribution in [0.5, 0.6) is 0 Å². The lowest BCUT2D eigenvalue weighted by atomic mass is 10.2. The van der Waals surface area contributed by atoms with Crippen LogP contribution in [0, 0.1) is 20.8 Å². The first kappa shape index (κ1) is 19.3. The summed E-state index contributed by atoms with van der Waals surface area (Å²) in [7, 11) is 12.1. The molecule has 0 N–H and O–H groups in total. The number of hydrogen-bond acceptors (Lipinski definition) is 5. The number of aromatic nitrogens is 5. The van der Waals surface area contributed by atoms with Gasteiger partial charge in [0, 0.05) is 31.9 Å². The molecule has 0 radical (unpaired) electrons. The van der Waals surface area contributed by atoms with E-state index in [0.29, 0.717) is 0 Å². The van der Waals surface area contributed by atoms with Gasteiger partial charge in [-0.3, -0.25) is 9.36 Å². The minimum absolute atomic E-state index is 0.807. The molecule has 2 aromatic rings. The quantitative estimate of drug-likeness (QED) is 0.849. The van der Waals surface area contributed by atoms with Crippen molar-refractivity contribution in [1.29, 1.82) is 0 Å². The molecule has 7 nitrogen and oxygen atoms in total. The van der Waals surface area contributed by atoms with Gasteiger partial charge in [-0.1, -0.05) is 0 Å². The minimum atomic E-state index is 0.807. The largest absolute Gasteiger partial charge is 0.305 e. The van der Waals surface area contributed by atoms with Crippen molar-refractivity contribution in [3.8, 4) is 0 Å². The molecular formula is C16H31N7. The molecule has 0 saturated carbocycles. The number of rotatable bonds is 4. The number of hydrogen-bond donors (Lipinski definition) is 0. The van der Waals surface area contributed by atoms with E-state index in [2.05, 4.69) is 52.9 Å². The first-order chi connectivity index (χ1) is 10.6. The van der Waals surface area contributed by atoms with Crippen molar-refractivity contribution in [2.24, 2.45) is 14.1 Å². The van der Waals surface area contributed by atoms with Crippen molar-refractivity contribution >= 4 is 0 Å². The molecule has 0 aliphatic carbocycles. The summed E-state index contributed by atoms with van der Waals surface area (Å²) in [5.74, 6) is 1.84. The lowest BCUT2D eigenvalue weighted by molar-refractivity contribution is 0.389. The normalized spacial score (nSPS) is 11.1. The second kappa shape index (κ2) is 8.21. The second-order valence-electron chi connectivity index (χ2n) is 6.45. The van der Waals surface area contributed by atoms with Gasteiger partial charge in [0.1, 0.15) is 5.82 Å². The van der Waals surface area contributed by atoms with Crippen molar-refractivity contribution in [3.63, 3.8) is 0 Å². The Morgan fingerprint density at radius 1 is 0.826 bits per heavy atom. The number of nitrogens with zero attached hydrogens (tertiary/aromatic N) is 7. The Bertz CT molecular complexity index is 603. The van der Waals surface area contributed by atoms with Crippen molar-refractivity contribution in [3.05, 3.63) is 28.6 Å². The monoisotopic (exact) mass is 321 g/mol. The molecule has 0 spiro atoms. The van der Waals surface area contributed by atoms with Gasteiger partial charge in [0.15, 0.2) is 5.82 Å². The first-order valence-corrected chi connectivity index (χ1v) is 7.76. The zero-order valence-corrected chi connectivity index (χ0v) is 16.0. The Balaban J connectivity index is 0.000000231. The third kappa shape index (κ3) is 5.76. The van der Waals surface area contributed by atoms with Crippen LogP contribution in [-0.4, -0.2) is 62.5 Å². The summed E-state index contributed by atoms with van der Waals surface area (Å²) < 4.78 is 3.73. The number of aryl methyl sites for hydroxylation is 4. The minimum Gasteiger partial charge on any atom is -0.305 e. The van der Waals surface area contributed by atoms with Gasteiger partial charge in [-0.25, -0.2) is 4.98 Å². The van der Waals surface area contributed by atoms with E-state index < -0.39 is 0 Å². The fourth-order valence-electron chi connectivity index (χ4n) is 2.24. The Morgan fingerprint density at radius 3 is 1.74 bits per heavy atom. The predicted octanol–water partition coefficient (Wildman–Crippen LogP) is 1.28. The zero-order chi connectivity index (χ0) is 17.7. The van der Waals surface area contributed by atoms with E-state index in [-0.39, 0.29) is 0 Å². The van der Waals surface area contributed by atoms with Crippen LogP contribution >= 0.6 is 0 Å². The third-order valence-corrected chi connectivity index (χ3v) is 3.62. The van der Waals surface area contributed by atoms with E-state index >= 15 is 0 Å². The van der Waals surface area contributed by atoms with Gasteiger partial charge in [0.25, 0.3) is 0 Å². The standard InChI is InChI=1S/C9H17N3.C7H14N4/c1-7-9(6-11(3)4)8(2)12(5)10-7;1-6-8-7(5-10(2)3)9-11(6)4/h6H2,1-5H3;5H2,1-4H3. The summed E-state index contributed by atoms with van der Waals surface area (Å²) >= 11 is 0. The fraction of sp³-hybridized carbons (Fsp3) is 0.688. The first-order valence-electron chi connectivity index (χ1n) is 7.76. The summed E-state index contributed by atoms with van der Waals surface area (Å²) in [5, 5.41) is 8.57. The molecule has 0 saturated heterocycles. The lowest BCUT2D eigenvalue weighted by Gasteiger charge is -2.09. The maximum atomic E-state index is 4.35. The van der Waals surface area contributed by atoms with Crippen LogP contribution < -0.4 is 0 Å². The molecule has 0 fully saturated rings.